The molecular weight excluding hydrogens is 272 g/mol. The third-order valence-electron chi connectivity index (χ3n) is 5.12. The Morgan fingerprint density at radius 1 is 1.20 bits per heavy atom. The molecule has 0 aromatic rings. The van der Waals surface area contributed by atoms with Crippen LogP contribution in [0.1, 0.15) is 45.4 Å². The van der Waals surface area contributed by atoms with Crippen LogP contribution in [0.2, 0.25) is 0 Å². The van der Waals surface area contributed by atoms with Gasteiger partial charge in [0, 0.05) is 5.54 Å². The first-order chi connectivity index (χ1) is 9.58. The van der Waals surface area contributed by atoms with Gasteiger partial charge in [0.2, 0.25) is 0 Å². The van der Waals surface area contributed by atoms with E-state index in [1.807, 2.05) is 6.92 Å². The Morgan fingerprint density at radius 2 is 1.75 bits per heavy atom. The van der Waals surface area contributed by atoms with E-state index in [0.29, 0.717) is 11.7 Å². The Hall–Kier alpha value is -0.840. The second-order valence-corrected chi connectivity index (χ2v) is 7.22. The van der Waals surface area contributed by atoms with Crippen molar-refractivity contribution in [1.29, 1.82) is 0 Å². The SMILES string of the molecule is CCOC(=O)CNC(=S)NC12CC3CC(CC(C3)C1)C2. The summed E-state index contributed by atoms with van der Waals surface area (Å²) in [5, 5.41) is 7.13. The number of hydrogen-bond donors (Lipinski definition) is 2. The molecule has 4 aliphatic carbocycles. The summed E-state index contributed by atoms with van der Waals surface area (Å²) in [6, 6.07) is 0. The smallest absolute Gasteiger partial charge is 0.325 e. The van der Waals surface area contributed by atoms with Crippen LogP contribution < -0.4 is 10.6 Å². The molecule has 4 bridgehead atoms. The molecule has 0 amide bonds. The second-order valence-electron chi connectivity index (χ2n) is 6.81. The second kappa shape index (κ2) is 5.51. The summed E-state index contributed by atoms with van der Waals surface area (Å²) in [5.41, 5.74) is 0.202. The lowest BCUT2D eigenvalue weighted by Gasteiger charge is -2.57. The molecule has 4 fully saturated rings. The maximum absolute atomic E-state index is 11.3. The van der Waals surface area contributed by atoms with Crippen LogP contribution in [0.3, 0.4) is 0 Å². The van der Waals surface area contributed by atoms with E-state index >= 15 is 0 Å². The molecule has 4 saturated carbocycles. The van der Waals surface area contributed by atoms with Gasteiger partial charge in [-0.25, -0.2) is 0 Å². The maximum atomic E-state index is 11.3. The predicted molar refractivity (Wildman–Crippen MR) is 81.3 cm³/mol. The molecule has 0 saturated heterocycles. The lowest BCUT2D eigenvalue weighted by Crippen LogP contribution is -2.61. The zero-order valence-corrected chi connectivity index (χ0v) is 12.9. The molecular formula is C15H24N2O2S. The highest BCUT2D eigenvalue weighted by molar-refractivity contribution is 7.80. The molecule has 0 aromatic heterocycles. The maximum Gasteiger partial charge on any atom is 0.325 e. The minimum Gasteiger partial charge on any atom is -0.465 e. The van der Waals surface area contributed by atoms with E-state index in [1.54, 1.807) is 0 Å². The lowest BCUT2D eigenvalue weighted by atomic mass is 9.53. The average Bonchev–Trinajstić information content (AvgIpc) is 2.34. The van der Waals surface area contributed by atoms with E-state index in [9.17, 15) is 4.79 Å². The van der Waals surface area contributed by atoms with E-state index in [2.05, 4.69) is 10.6 Å². The Balaban J connectivity index is 1.52. The van der Waals surface area contributed by atoms with Gasteiger partial charge in [0.05, 0.1) is 6.61 Å². The van der Waals surface area contributed by atoms with Crippen LogP contribution in [-0.2, 0) is 9.53 Å². The molecule has 0 radical (unpaired) electrons. The summed E-state index contributed by atoms with van der Waals surface area (Å²) in [7, 11) is 0. The molecule has 112 valence electrons. The van der Waals surface area contributed by atoms with Crippen LogP contribution in [0.5, 0.6) is 0 Å². The highest BCUT2D eigenvalue weighted by atomic mass is 32.1. The quantitative estimate of drug-likeness (QED) is 0.614. The Morgan fingerprint density at radius 3 is 2.25 bits per heavy atom. The summed E-state index contributed by atoms with van der Waals surface area (Å²) >= 11 is 5.36. The number of rotatable bonds is 4. The number of carbonyl (C=O) groups excluding carboxylic acids is 1. The normalized spacial score (nSPS) is 37.5. The summed E-state index contributed by atoms with van der Waals surface area (Å²) in [6.07, 6.45) is 8.01. The molecule has 4 aliphatic rings. The fourth-order valence-corrected chi connectivity index (χ4v) is 5.20. The molecule has 0 atom stereocenters. The Kier molecular flexibility index (Phi) is 3.89. The number of esters is 1. The van der Waals surface area contributed by atoms with Crippen LogP contribution in [-0.4, -0.2) is 29.8 Å². The molecule has 0 aromatic carbocycles. The van der Waals surface area contributed by atoms with Crippen molar-refractivity contribution in [3.63, 3.8) is 0 Å². The standard InChI is InChI=1S/C15H24N2O2S/c1-2-19-13(18)9-16-14(20)17-15-6-10-3-11(7-15)5-12(4-10)8-15/h10-12H,2-9H2,1H3,(H2,16,17,20). The van der Waals surface area contributed by atoms with Crippen molar-refractivity contribution < 1.29 is 9.53 Å². The summed E-state index contributed by atoms with van der Waals surface area (Å²) in [5.74, 6) is 2.42. The monoisotopic (exact) mass is 296 g/mol. The van der Waals surface area contributed by atoms with Crippen LogP contribution in [0, 0.1) is 17.8 Å². The molecule has 20 heavy (non-hydrogen) atoms. The van der Waals surface area contributed by atoms with Crippen LogP contribution >= 0.6 is 12.2 Å². The largest absolute Gasteiger partial charge is 0.465 e. The van der Waals surface area contributed by atoms with E-state index in [4.69, 9.17) is 17.0 Å². The first-order valence-electron chi connectivity index (χ1n) is 7.80. The summed E-state index contributed by atoms with van der Waals surface area (Å²) < 4.78 is 4.90. The highest BCUT2D eigenvalue weighted by Gasteiger charge is 2.51. The number of nitrogens with one attached hydrogen (secondary N) is 2. The van der Waals surface area contributed by atoms with Crippen molar-refractivity contribution in [2.24, 2.45) is 17.8 Å². The third kappa shape index (κ3) is 2.92. The lowest BCUT2D eigenvalue weighted by molar-refractivity contribution is -0.141. The van der Waals surface area contributed by atoms with Crippen molar-refractivity contribution in [2.75, 3.05) is 13.2 Å². The molecule has 0 heterocycles. The first kappa shape index (κ1) is 14.1. The van der Waals surface area contributed by atoms with Crippen LogP contribution in [0.15, 0.2) is 0 Å². The molecule has 0 spiro atoms. The van der Waals surface area contributed by atoms with Crippen molar-refractivity contribution in [2.45, 2.75) is 51.0 Å². The van der Waals surface area contributed by atoms with Crippen LogP contribution in [0.25, 0.3) is 0 Å². The molecule has 4 rings (SSSR count). The number of ether oxygens (including phenoxy) is 1. The molecule has 0 unspecified atom stereocenters. The van der Waals surface area contributed by atoms with Gasteiger partial charge in [-0.2, -0.15) is 0 Å². The highest BCUT2D eigenvalue weighted by Crippen LogP contribution is 2.55. The van der Waals surface area contributed by atoms with E-state index in [-0.39, 0.29) is 18.1 Å². The number of carbonyl (C=O) groups is 1. The van der Waals surface area contributed by atoms with Crippen molar-refractivity contribution in [3.05, 3.63) is 0 Å². The van der Waals surface area contributed by atoms with Gasteiger partial charge in [-0.05, 0) is 75.4 Å². The third-order valence-corrected chi connectivity index (χ3v) is 5.36. The minimum absolute atomic E-state index is 0.159. The molecule has 2 N–H and O–H groups in total. The fraction of sp³-hybridized carbons (Fsp3) is 0.867. The van der Waals surface area contributed by atoms with E-state index in [1.165, 1.54) is 38.5 Å². The zero-order chi connectivity index (χ0) is 14.2. The van der Waals surface area contributed by atoms with E-state index < -0.39 is 0 Å². The van der Waals surface area contributed by atoms with Gasteiger partial charge in [-0.1, -0.05) is 0 Å². The topological polar surface area (TPSA) is 50.4 Å². The number of hydrogen-bond acceptors (Lipinski definition) is 3. The molecule has 4 nitrogen and oxygen atoms in total. The van der Waals surface area contributed by atoms with Crippen LogP contribution in [0.4, 0.5) is 0 Å². The Bertz CT molecular complexity index is 375. The van der Waals surface area contributed by atoms with Gasteiger partial charge in [0.25, 0.3) is 0 Å². The fourth-order valence-electron chi connectivity index (χ4n) is 4.91. The van der Waals surface area contributed by atoms with E-state index in [0.717, 1.165) is 17.8 Å². The van der Waals surface area contributed by atoms with Crippen molar-refractivity contribution in [1.82, 2.24) is 10.6 Å². The Labute approximate surface area is 126 Å². The van der Waals surface area contributed by atoms with Gasteiger partial charge >= 0.3 is 5.97 Å². The molecule has 0 aliphatic heterocycles. The zero-order valence-electron chi connectivity index (χ0n) is 12.1. The van der Waals surface area contributed by atoms with Gasteiger partial charge < -0.3 is 15.4 Å². The average molecular weight is 296 g/mol. The summed E-state index contributed by atoms with van der Waals surface area (Å²) in [4.78, 5) is 11.3. The van der Waals surface area contributed by atoms with Crippen molar-refractivity contribution in [3.8, 4) is 0 Å². The molecule has 5 heteroatoms. The summed E-state index contributed by atoms with van der Waals surface area (Å²) in [6.45, 7) is 2.38. The van der Waals surface area contributed by atoms with Gasteiger partial charge in [0.15, 0.2) is 5.11 Å². The predicted octanol–water partition coefficient (Wildman–Crippen LogP) is 1.98. The van der Waals surface area contributed by atoms with Crippen molar-refractivity contribution >= 4 is 23.3 Å². The first-order valence-corrected chi connectivity index (χ1v) is 8.21. The van der Waals surface area contributed by atoms with Gasteiger partial charge in [-0.15, -0.1) is 0 Å². The minimum atomic E-state index is -0.248. The van der Waals surface area contributed by atoms with Gasteiger partial charge in [0.1, 0.15) is 6.54 Å². The number of thiocarbonyl (C=S) groups is 1. The van der Waals surface area contributed by atoms with Gasteiger partial charge in [-0.3, -0.25) is 4.79 Å².